The molecule has 34 heavy (non-hydrogen) atoms. The predicted octanol–water partition coefficient (Wildman–Crippen LogP) is 6.82. The summed E-state index contributed by atoms with van der Waals surface area (Å²) in [7, 11) is 0. The first kappa shape index (κ1) is 25.5. The molecule has 0 aliphatic carbocycles. The third-order valence-corrected chi connectivity index (χ3v) is 12.1. The maximum Gasteiger partial charge on any atom is -0.147 e. The average Bonchev–Trinajstić information content (AvgIpc) is 2.85. The van der Waals surface area contributed by atoms with Crippen LogP contribution in [-0.2, 0) is 6.18 Å². The van der Waals surface area contributed by atoms with Crippen LogP contribution in [0.25, 0.3) is 0 Å². The molecule has 0 fully saturated rings. The molecule has 1 amide bonds. The minimum Gasteiger partial charge on any atom is -0.147 e. The third kappa shape index (κ3) is 4.22. The number of hydrogen-bond donors (Lipinski definition) is 1. The SMILES string of the molecule is CP(C(=O)Nc1ccc(C(F)(F)F)cc1)(c1ccccc1)(c1ccccc1)c1ccccc1.Cl. The average molecular weight is 502 g/mol. The minimum absolute atomic E-state index is 0. The number of anilines is 1. The molecular weight excluding hydrogens is 478 g/mol. The molecule has 0 bridgehead atoms. The number of benzene rings is 4. The molecular formula is C27H24ClF3NOP. The van der Waals surface area contributed by atoms with Gasteiger partial charge in [-0.1, -0.05) is 0 Å². The molecule has 4 aromatic carbocycles. The molecule has 0 aromatic heterocycles. The van der Waals surface area contributed by atoms with Crippen LogP contribution in [0.5, 0.6) is 0 Å². The first-order chi connectivity index (χ1) is 15.7. The van der Waals surface area contributed by atoms with E-state index >= 15 is 0 Å². The normalized spacial score (nSPS) is 12.6. The third-order valence-electron chi connectivity index (χ3n) is 6.18. The molecule has 7 heteroatoms. The van der Waals surface area contributed by atoms with Crippen molar-refractivity contribution in [1.29, 1.82) is 0 Å². The molecule has 0 heterocycles. The van der Waals surface area contributed by atoms with Crippen molar-refractivity contribution in [2.24, 2.45) is 0 Å². The Balaban J connectivity index is 0.00000324. The largest absolute Gasteiger partial charge is 0.147 e. The van der Waals surface area contributed by atoms with Crippen LogP contribution in [0.15, 0.2) is 115 Å². The van der Waals surface area contributed by atoms with E-state index < -0.39 is 18.3 Å². The summed E-state index contributed by atoms with van der Waals surface area (Å²) in [5.74, 6) is 0. The van der Waals surface area contributed by atoms with Gasteiger partial charge in [-0.05, 0) is 0 Å². The van der Waals surface area contributed by atoms with Gasteiger partial charge in [-0.2, -0.15) is 0 Å². The first-order valence-corrected chi connectivity index (χ1v) is 13.1. The van der Waals surface area contributed by atoms with Crippen molar-refractivity contribution in [3.05, 3.63) is 121 Å². The zero-order valence-corrected chi connectivity index (χ0v) is 20.1. The molecule has 0 aliphatic heterocycles. The summed E-state index contributed by atoms with van der Waals surface area (Å²) >= 11 is 0. The summed E-state index contributed by atoms with van der Waals surface area (Å²) in [6.45, 7) is -1.76. The number of hydrogen-bond acceptors (Lipinski definition) is 1. The van der Waals surface area contributed by atoms with Gasteiger partial charge < -0.3 is 0 Å². The number of nitrogens with one attached hydrogen (secondary N) is 1. The Morgan fingerprint density at radius 2 is 1.00 bits per heavy atom. The van der Waals surface area contributed by atoms with Gasteiger partial charge in [0.2, 0.25) is 0 Å². The van der Waals surface area contributed by atoms with Crippen LogP contribution in [0.1, 0.15) is 5.56 Å². The van der Waals surface area contributed by atoms with E-state index in [1.165, 1.54) is 12.1 Å². The van der Waals surface area contributed by atoms with Crippen molar-refractivity contribution >= 4 is 46.3 Å². The molecule has 0 radical (unpaired) electrons. The second-order valence-corrected chi connectivity index (χ2v) is 13.2. The maximum atomic E-state index is 14.4. The molecule has 176 valence electrons. The van der Waals surface area contributed by atoms with Crippen molar-refractivity contribution in [2.45, 2.75) is 6.18 Å². The van der Waals surface area contributed by atoms with Crippen molar-refractivity contribution in [1.82, 2.24) is 0 Å². The Bertz CT molecular complexity index is 1150. The van der Waals surface area contributed by atoms with E-state index in [0.29, 0.717) is 5.69 Å². The smallest absolute Gasteiger partial charge is 0.147 e. The Kier molecular flexibility index (Phi) is 7.21. The molecule has 0 saturated heterocycles. The van der Waals surface area contributed by atoms with Crippen LogP contribution in [0.2, 0.25) is 0 Å². The molecule has 0 saturated carbocycles. The summed E-state index contributed by atoms with van der Waals surface area (Å²) in [6.07, 6.45) is -4.44. The summed E-state index contributed by atoms with van der Waals surface area (Å²) in [5, 5.41) is 5.55. The van der Waals surface area contributed by atoms with Crippen molar-refractivity contribution in [2.75, 3.05) is 12.0 Å². The molecule has 4 aromatic rings. The van der Waals surface area contributed by atoms with E-state index in [1.807, 2.05) is 97.7 Å². The number of alkyl halides is 3. The van der Waals surface area contributed by atoms with Gasteiger partial charge in [-0.25, -0.2) is 0 Å². The number of rotatable bonds is 5. The van der Waals surface area contributed by atoms with Gasteiger partial charge in [0.15, 0.2) is 0 Å². The van der Waals surface area contributed by atoms with E-state index in [-0.39, 0.29) is 18.1 Å². The van der Waals surface area contributed by atoms with Crippen LogP contribution in [0.3, 0.4) is 0 Å². The molecule has 4 rings (SSSR count). The Morgan fingerprint density at radius 3 is 1.32 bits per heavy atom. The van der Waals surface area contributed by atoms with E-state index in [0.717, 1.165) is 28.0 Å². The zero-order valence-electron chi connectivity index (χ0n) is 18.4. The Morgan fingerprint density at radius 1 is 0.647 bits per heavy atom. The van der Waals surface area contributed by atoms with Gasteiger partial charge in [0.1, 0.15) is 0 Å². The van der Waals surface area contributed by atoms with Crippen LogP contribution in [0.4, 0.5) is 23.7 Å². The van der Waals surface area contributed by atoms with Crippen LogP contribution >= 0.6 is 19.0 Å². The van der Waals surface area contributed by atoms with E-state index in [9.17, 15) is 18.0 Å². The van der Waals surface area contributed by atoms with Crippen molar-refractivity contribution in [3.8, 4) is 0 Å². The fraction of sp³-hybridized carbons (Fsp3) is 0.0741. The minimum atomic E-state index is -4.44. The van der Waals surface area contributed by atoms with Crippen molar-refractivity contribution < 1.29 is 18.0 Å². The summed E-state index contributed by atoms with van der Waals surface area (Å²) in [6, 6.07) is 33.3. The number of halogens is 4. The molecule has 0 atom stereocenters. The summed E-state index contributed by atoms with van der Waals surface area (Å²) in [4.78, 5) is 14.4. The molecule has 1 N–H and O–H groups in total. The van der Waals surface area contributed by atoms with Gasteiger partial charge in [0, 0.05) is 0 Å². The van der Waals surface area contributed by atoms with Crippen LogP contribution in [-0.4, -0.2) is 12.3 Å². The second-order valence-electron chi connectivity index (χ2n) is 8.08. The van der Waals surface area contributed by atoms with Crippen LogP contribution in [0, 0.1) is 0 Å². The van der Waals surface area contributed by atoms with Gasteiger partial charge in [-0.15, -0.1) is 12.4 Å². The van der Waals surface area contributed by atoms with Crippen molar-refractivity contribution in [3.63, 3.8) is 0 Å². The monoisotopic (exact) mass is 501 g/mol. The fourth-order valence-corrected chi connectivity index (χ4v) is 8.97. The topological polar surface area (TPSA) is 29.1 Å². The number of carbonyl (C=O) groups excluding carboxylic acids is 1. The summed E-state index contributed by atoms with van der Waals surface area (Å²) < 4.78 is 39.0. The van der Waals surface area contributed by atoms with Gasteiger partial charge in [0.05, 0.1) is 0 Å². The Labute approximate surface area is 203 Å². The number of amides is 1. The standard InChI is InChI=1S/C27H23F3NOP.ClH/c1-33(23-11-5-2-6-12-23,24-13-7-3-8-14-24,25-15-9-4-10-16-25)26(32)31-22-19-17-21(18-20-22)27(28,29)30;/h2-20H,1H3,(H,31,32);1H. The van der Waals surface area contributed by atoms with Gasteiger partial charge in [-0.3, -0.25) is 0 Å². The second kappa shape index (κ2) is 9.61. The van der Waals surface area contributed by atoms with E-state index in [1.54, 1.807) is 0 Å². The maximum absolute atomic E-state index is 14.4. The molecule has 0 spiro atoms. The fourth-order valence-electron chi connectivity index (χ4n) is 4.21. The van der Waals surface area contributed by atoms with E-state index in [2.05, 4.69) is 5.32 Å². The molecule has 0 unspecified atom stereocenters. The summed E-state index contributed by atoms with van der Waals surface area (Å²) in [5.41, 5.74) is -0.695. The van der Waals surface area contributed by atoms with Gasteiger partial charge >= 0.3 is 191 Å². The predicted molar refractivity (Wildman–Crippen MR) is 139 cm³/mol. The Hall–Kier alpha value is -3.14. The van der Waals surface area contributed by atoms with Crippen LogP contribution < -0.4 is 21.2 Å². The quantitative estimate of drug-likeness (QED) is 0.299. The molecule has 2 nitrogen and oxygen atoms in total. The zero-order chi connectivity index (χ0) is 23.6. The van der Waals surface area contributed by atoms with E-state index in [4.69, 9.17) is 0 Å². The van der Waals surface area contributed by atoms with Gasteiger partial charge in [0.25, 0.3) is 0 Å². The molecule has 0 aliphatic rings. The first-order valence-electron chi connectivity index (χ1n) is 10.4. The number of carbonyl (C=O) groups is 1.